The molecule has 1 fully saturated rings. The molecule has 2 rings (SSSR count). The summed E-state index contributed by atoms with van der Waals surface area (Å²) < 4.78 is 0. The minimum atomic E-state index is -0.408. The molecule has 0 bridgehead atoms. The van der Waals surface area contributed by atoms with Crippen LogP contribution in [0.3, 0.4) is 0 Å². The maximum atomic E-state index is 12.1. The minimum absolute atomic E-state index is 0.00418. The second-order valence-corrected chi connectivity index (χ2v) is 5.72. The molecule has 1 aromatic rings. The Hall–Kier alpha value is -1.39. The molecule has 1 unspecified atom stereocenters. The van der Waals surface area contributed by atoms with Gasteiger partial charge < -0.3 is 16.0 Å². The predicted molar refractivity (Wildman–Crippen MR) is 81.4 cm³/mol. The van der Waals surface area contributed by atoms with Crippen LogP contribution in [0.4, 0.5) is 0 Å². The van der Waals surface area contributed by atoms with E-state index in [0.29, 0.717) is 12.5 Å². The fourth-order valence-corrected chi connectivity index (χ4v) is 2.56. The van der Waals surface area contributed by atoms with Gasteiger partial charge in [0.25, 0.3) is 0 Å². The molecule has 3 N–H and O–H groups in total. The summed E-state index contributed by atoms with van der Waals surface area (Å²) in [6, 6.07) is 10.1. The smallest absolute Gasteiger partial charge is 0.237 e. The Morgan fingerprint density at radius 2 is 2.00 bits per heavy atom. The molecule has 0 spiro atoms. The largest absolute Gasteiger partial charge is 0.352 e. The van der Waals surface area contributed by atoms with E-state index in [-0.39, 0.29) is 5.91 Å². The van der Waals surface area contributed by atoms with Gasteiger partial charge in [-0.25, -0.2) is 0 Å². The zero-order valence-corrected chi connectivity index (χ0v) is 12.2. The molecule has 4 nitrogen and oxygen atoms in total. The van der Waals surface area contributed by atoms with Crippen LogP contribution in [0.5, 0.6) is 0 Å². The van der Waals surface area contributed by atoms with Gasteiger partial charge in [0.2, 0.25) is 5.91 Å². The van der Waals surface area contributed by atoms with E-state index < -0.39 is 6.04 Å². The third-order valence-electron chi connectivity index (χ3n) is 3.99. The number of carbonyl (C=O) groups excluding carboxylic acids is 1. The van der Waals surface area contributed by atoms with E-state index >= 15 is 0 Å². The van der Waals surface area contributed by atoms with Crippen molar-refractivity contribution in [1.29, 1.82) is 0 Å². The van der Waals surface area contributed by atoms with Crippen LogP contribution in [0, 0.1) is 0 Å². The quantitative estimate of drug-likeness (QED) is 0.848. The van der Waals surface area contributed by atoms with Crippen molar-refractivity contribution in [3.63, 3.8) is 0 Å². The molecule has 1 amide bonds. The first-order valence-electron chi connectivity index (χ1n) is 7.43. The first-order valence-corrected chi connectivity index (χ1v) is 7.43. The van der Waals surface area contributed by atoms with E-state index in [2.05, 4.69) is 29.4 Å². The maximum Gasteiger partial charge on any atom is 0.237 e. The highest BCUT2D eigenvalue weighted by atomic mass is 16.2. The Morgan fingerprint density at radius 1 is 1.35 bits per heavy atom. The topological polar surface area (TPSA) is 58.4 Å². The highest BCUT2D eigenvalue weighted by Gasteiger charge is 2.21. The molecule has 4 heteroatoms. The van der Waals surface area contributed by atoms with Crippen LogP contribution in [0.2, 0.25) is 0 Å². The van der Waals surface area contributed by atoms with Crippen LogP contribution >= 0.6 is 0 Å². The minimum Gasteiger partial charge on any atom is -0.352 e. The number of piperidine rings is 1. The molecule has 1 atom stereocenters. The number of aryl methyl sites for hydroxylation is 1. The number of benzene rings is 1. The zero-order chi connectivity index (χ0) is 14.4. The Kier molecular flexibility index (Phi) is 5.56. The van der Waals surface area contributed by atoms with Crippen LogP contribution < -0.4 is 11.1 Å². The molecule has 20 heavy (non-hydrogen) atoms. The van der Waals surface area contributed by atoms with Gasteiger partial charge in [0, 0.05) is 6.04 Å². The van der Waals surface area contributed by atoms with Crippen molar-refractivity contribution >= 4 is 5.91 Å². The summed E-state index contributed by atoms with van der Waals surface area (Å²) in [5.41, 5.74) is 7.22. The number of nitrogens with zero attached hydrogens (tertiary/aromatic N) is 1. The molecule has 0 aliphatic carbocycles. The normalized spacial score (nSPS) is 18.7. The monoisotopic (exact) mass is 275 g/mol. The van der Waals surface area contributed by atoms with Crippen molar-refractivity contribution in [2.24, 2.45) is 5.73 Å². The van der Waals surface area contributed by atoms with Crippen molar-refractivity contribution in [2.45, 2.75) is 37.8 Å². The van der Waals surface area contributed by atoms with Crippen molar-refractivity contribution < 1.29 is 4.79 Å². The molecule has 1 aliphatic rings. The lowest BCUT2D eigenvalue weighted by atomic mass is 10.0. The van der Waals surface area contributed by atoms with Crippen molar-refractivity contribution in [3.05, 3.63) is 35.9 Å². The molecule has 1 heterocycles. The molecular weight excluding hydrogens is 250 g/mol. The number of carbonyl (C=O) groups is 1. The average Bonchev–Trinajstić information content (AvgIpc) is 2.48. The van der Waals surface area contributed by atoms with Gasteiger partial charge in [0.1, 0.15) is 0 Å². The number of amides is 1. The Balaban J connectivity index is 1.72. The highest BCUT2D eigenvalue weighted by molar-refractivity contribution is 5.81. The summed E-state index contributed by atoms with van der Waals surface area (Å²) in [7, 11) is 2.11. The van der Waals surface area contributed by atoms with Crippen LogP contribution in [0.15, 0.2) is 30.3 Å². The lowest BCUT2D eigenvalue weighted by Crippen LogP contribution is -2.49. The summed E-state index contributed by atoms with van der Waals surface area (Å²) in [6.07, 6.45) is 3.59. The van der Waals surface area contributed by atoms with Gasteiger partial charge in [-0.3, -0.25) is 4.79 Å². The third kappa shape index (κ3) is 4.62. The van der Waals surface area contributed by atoms with Gasteiger partial charge in [-0.1, -0.05) is 30.3 Å². The molecular formula is C16H25N3O. The van der Waals surface area contributed by atoms with E-state index in [0.717, 1.165) is 32.4 Å². The molecule has 1 aromatic carbocycles. The summed E-state index contributed by atoms with van der Waals surface area (Å²) in [4.78, 5) is 14.4. The highest BCUT2D eigenvalue weighted by Crippen LogP contribution is 2.09. The van der Waals surface area contributed by atoms with Crippen molar-refractivity contribution in [2.75, 3.05) is 20.1 Å². The van der Waals surface area contributed by atoms with E-state index in [4.69, 9.17) is 5.73 Å². The number of hydrogen-bond donors (Lipinski definition) is 2. The number of likely N-dealkylation sites (tertiary alicyclic amines) is 1. The van der Waals surface area contributed by atoms with Crippen LogP contribution in [0.1, 0.15) is 24.8 Å². The number of hydrogen-bond acceptors (Lipinski definition) is 3. The van der Waals surface area contributed by atoms with Crippen LogP contribution in [-0.2, 0) is 11.2 Å². The molecule has 1 saturated heterocycles. The first kappa shape index (κ1) is 15.0. The fourth-order valence-electron chi connectivity index (χ4n) is 2.56. The molecule has 1 aliphatic heterocycles. The average molecular weight is 275 g/mol. The molecule has 0 saturated carbocycles. The number of rotatable bonds is 5. The van der Waals surface area contributed by atoms with E-state index in [9.17, 15) is 4.79 Å². The second-order valence-electron chi connectivity index (χ2n) is 5.72. The van der Waals surface area contributed by atoms with Gasteiger partial charge in [0.05, 0.1) is 6.04 Å². The Labute approximate surface area is 121 Å². The van der Waals surface area contributed by atoms with Gasteiger partial charge >= 0.3 is 0 Å². The zero-order valence-electron chi connectivity index (χ0n) is 12.2. The summed E-state index contributed by atoms with van der Waals surface area (Å²) in [6.45, 7) is 2.09. The molecule has 0 aromatic heterocycles. The number of nitrogens with two attached hydrogens (primary N) is 1. The Morgan fingerprint density at radius 3 is 2.65 bits per heavy atom. The van der Waals surface area contributed by atoms with Crippen molar-refractivity contribution in [3.8, 4) is 0 Å². The van der Waals surface area contributed by atoms with Gasteiger partial charge in [-0.05, 0) is 51.4 Å². The summed E-state index contributed by atoms with van der Waals surface area (Å²) in [5.74, 6) is -0.00418. The molecule has 110 valence electrons. The maximum absolute atomic E-state index is 12.1. The Bertz CT molecular complexity index is 413. The van der Waals surface area contributed by atoms with E-state index in [1.165, 1.54) is 5.56 Å². The van der Waals surface area contributed by atoms with E-state index in [1.807, 2.05) is 18.2 Å². The summed E-state index contributed by atoms with van der Waals surface area (Å²) in [5, 5.41) is 3.08. The van der Waals surface area contributed by atoms with E-state index in [1.54, 1.807) is 0 Å². The number of nitrogens with one attached hydrogen (secondary N) is 1. The second kappa shape index (κ2) is 7.41. The van der Waals surface area contributed by atoms with Crippen LogP contribution in [0.25, 0.3) is 0 Å². The van der Waals surface area contributed by atoms with Gasteiger partial charge in [-0.2, -0.15) is 0 Å². The third-order valence-corrected chi connectivity index (χ3v) is 3.99. The van der Waals surface area contributed by atoms with Crippen molar-refractivity contribution in [1.82, 2.24) is 10.2 Å². The molecule has 0 radical (unpaired) electrons. The van der Waals surface area contributed by atoms with Gasteiger partial charge in [0.15, 0.2) is 0 Å². The summed E-state index contributed by atoms with van der Waals surface area (Å²) >= 11 is 0. The fraction of sp³-hybridized carbons (Fsp3) is 0.562. The van der Waals surface area contributed by atoms with Crippen LogP contribution in [-0.4, -0.2) is 43.0 Å². The SMILES string of the molecule is CN1CCC(NC(=O)C(N)CCc2ccccc2)CC1. The first-order chi connectivity index (χ1) is 9.65. The predicted octanol–water partition coefficient (Wildman–Crippen LogP) is 1.16. The standard InChI is InChI=1S/C16H25N3O/c1-19-11-9-14(10-12-19)18-16(20)15(17)8-7-13-5-3-2-4-6-13/h2-6,14-15H,7-12,17H2,1H3,(H,18,20). The lowest BCUT2D eigenvalue weighted by molar-refractivity contribution is -0.123. The lowest BCUT2D eigenvalue weighted by Gasteiger charge is -2.30. The van der Waals surface area contributed by atoms with Gasteiger partial charge in [-0.15, -0.1) is 0 Å².